The molecule has 0 spiro atoms. The molecule has 36 heavy (non-hydrogen) atoms. The van der Waals surface area contributed by atoms with Gasteiger partial charge in [0.05, 0.1) is 12.8 Å². The Morgan fingerprint density at radius 1 is 1.06 bits per heavy atom. The average Bonchev–Trinajstić information content (AvgIpc) is 3.32. The number of carbonyl (C=O) groups is 1. The van der Waals surface area contributed by atoms with E-state index < -0.39 is 0 Å². The molecular weight excluding hydrogens is 448 g/mol. The summed E-state index contributed by atoms with van der Waals surface area (Å²) in [6.45, 7) is 6.74. The van der Waals surface area contributed by atoms with Crippen molar-refractivity contribution in [2.75, 3.05) is 25.1 Å². The van der Waals surface area contributed by atoms with Gasteiger partial charge in [0.25, 0.3) is 5.91 Å². The van der Waals surface area contributed by atoms with Crippen LogP contribution < -0.4 is 15.0 Å². The Kier molecular flexibility index (Phi) is 6.94. The number of nitrogens with one attached hydrogen (secondary N) is 1. The minimum atomic E-state index is -0.130. The molecule has 5 rings (SSSR count). The van der Waals surface area contributed by atoms with Crippen LogP contribution in [0.15, 0.2) is 66.9 Å². The van der Waals surface area contributed by atoms with Gasteiger partial charge in [-0.25, -0.2) is 4.98 Å². The summed E-state index contributed by atoms with van der Waals surface area (Å²) in [6, 6.07) is 21.3. The summed E-state index contributed by atoms with van der Waals surface area (Å²) in [6.07, 6.45) is 4.87. The molecule has 1 saturated heterocycles. The molecule has 0 aliphatic carbocycles. The van der Waals surface area contributed by atoms with E-state index in [0.29, 0.717) is 36.0 Å². The zero-order chi connectivity index (χ0) is 25.1. The fourth-order valence-corrected chi connectivity index (χ4v) is 5.14. The zero-order valence-corrected chi connectivity index (χ0v) is 21.3. The predicted molar refractivity (Wildman–Crippen MR) is 144 cm³/mol. The highest BCUT2D eigenvalue weighted by Crippen LogP contribution is 2.31. The molecule has 1 amide bonds. The maximum absolute atomic E-state index is 13.1. The van der Waals surface area contributed by atoms with E-state index in [1.165, 1.54) is 29.7 Å². The number of piperidine rings is 1. The molecule has 0 unspecified atom stereocenters. The molecule has 2 aromatic carbocycles. The Balaban J connectivity index is 1.20. The molecule has 0 saturated carbocycles. The van der Waals surface area contributed by atoms with Crippen molar-refractivity contribution >= 4 is 17.2 Å². The summed E-state index contributed by atoms with van der Waals surface area (Å²) in [7, 11) is 1.62. The van der Waals surface area contributed by atoms with E-state index in [4.69, 9.17) is 4.74 Å². The fourth-order valence-electron chi connectivity index (χ4n) is 5.14. The first-order valence-electron chi connectivity index (χ1n) is 12.8. The van der Waals surface area contributed by atoms with Crippen LogP contribution in [0.4, 0.5) is 5.69 Å². The van der Waals surface area contributed by atoms with Crippen molar-refractivity contribution < 1.29 is 9.53 Å². The van der Waals surface area contributed by atoms with Crippen LogP contribution in [0, 0.1) is 6.92 Å². The molecule has 0 atom stereocenters. The molecule has 3 heterocycles. The molecule has 6 heteroatoms. The summed E-state index contributed by atoms with van der Waals surface area (Å²) < 4.78 is 7.24. The minimum absolute atomic E-state index is 0.130. The van der Waals surface area contributed by atoms with Crippen molar-refractivity contribution in [2.45, 2.75) is 45.6 Å². The number of imidazole rings is 1. The topological polar surface area (TPSA) is 58.9 Å². The highest BCUT2D eigenvalue weighted by Gasteiger charge is 2.22. The third-order valence-electron chi connectivity index (χ3n) is 7.25. The quantitative estimate of drug-likeness (QED) is 0.376. The summed E-state index contributed by atoms with van der Waals surface area (Å²) in [5, 5.41) is 3.08. The van der Waals surface area contributed by atoms with Crippen LogP contribution in [0.5, 0.6) is 5.75 Å². The molecule has 2 aromatic heterocycles. The van der Waals surface area contributed by atoms with Gasteiger partial charge in [0.15, 0.2) is 11.4 Å². The summed E-state index contributed by atoms with van der Waals surface area (Å²) in [5.41, 5.74) is 7.10. The fraction of sp³-hybridized carbons (Fsp3) is 0.333. The number of pyridine rings is 1. The van der Waals surface area contributed by atoms with Crippen LogP contribution in [0.25, 0.3) is 5.65 Å². The number of aryl methyl sites for hydroxylation is 2. The van der Waals surface area contributed by atoms with Crippen molar-refractivity contribution in [3.8, 4) is 5.75 Å². The summed E-state index contributed by atoms with van der Waals surface area (Å²) >= 11 is 0. The molecular formula is C30H34N4O2. The lowest BCUT2D eigenvalue weighted by Crippen LogP contribution is -2.32. The largest absolute Gasteiger partial charge is 0.493 e. The smallest absolute Gasteiger partial charge is 0.270 e. The third kappa shape index (κ3) is 4.81. The second-order valence-electron chi connectivity index (χ2n) is 9.55. The monoisotopic (exact) mass is 482 g/mol. The maximum atomic E-state index is 13.1. The van der Waals surface area contributed by atoms with E-state index >= 15 is 0 Å². The number of nitrogens with zero attached hydrogens (tertiary/aromatic N) is 3. The zero-order valence-electron chi connectivity index (χ0n) is 21.3. The number of fused-ring (bicyclic) bond motifs is 1. The van der Waals surface area contributed by atoms with E-state index in [2.05, 4.69) is 70.7 Å². The Bertz CT molecular complexity index is 1330. The van der Waals surface area contributed by atoms with E-state index in [-0.39, 0.29) is 5.91 Å². The van der Waals surface area contributed by atoms with Gasteiger partial charge in [0, 0.05) is 31.5 Å². The van der Waals surface area contributed by atoms with Gasteiger partial charge in [-0.15, -0.1) is 0 Å². The van der Waals surface area contributed by atoms with Gasteiger partial charge in [-0.3, -0.25) is 9.20 Å². The molecule has 1 fully saturated rings. The number of anilines is 1. The lowest BCUT2D eigenvalue weighted by molar-refractivity contribution is 0.0944. The number of hydrogen-bond donors (Lipinski definition) is 1. The van der Waals surface area contributed by atoms with Gasteiger partial charge in [-0.1, -0.05) is 48.9 Å². The van der Waals surface area contributed by atoms with E-state index in [1.54, 1.807) is 7.11 Å². The van der Waals surface area contributed by atoms with Crippen molar-refractivity contribution in [3.05, 3.63) is 94.9 Å². The second kappa shape index (κ2) is 10.4. The van der Waals surface area contributed by atoms with Gasteiger partial charge in [-0.2, -0.15) is 0 Å². The predicted octanol–water partition coefficient (Wildman–Crippen LogP) is 5.53. The molecule has 186 valence electrons. The Morgan fingerprint density at radius 2 is 1.78 bits per heavy atom. The first kappa shape index (κ1) is 23.9. The molecule has 6 nitrogen and oxygen atoms in total. The SMILES string of the molecule is CCc1nc2c(OC)cccn2c1C(=O)NCc1ccc(N2CCC(c3ccc(C)cc3)CC2)cc1. The van der Waals surface area contributed by atoms with Gasteiger partial charge < -0.3 is 15.0 Å². The van der Waals surface area contributed by atoms with Crippen molar-refractivity contribution in [1.82, 2.24) is 14.7 Å². The van der Waals surface area contributed by atoms with Gasteiger partial charge in [-0.05, 0) is 67.5 Å². The second-order valence-corrected chi connectivity index (χ2v) is 9.55. The first-order chi connectivity index (χ1) is 17.6. The molecule has 0 bridgehead atoms. The molecule has 4 aromatic rings. The Labute approximate surface area is 212 Å². The highest BCUT2D eigenvalue weighted by atomic mass is 16.5. The number of ether oxygens (including phenoxy) is 1. The maximum Gasteiger partial charge on any atom is 0.270 e. The van der Waals surface area contributed by atoms with Crippen molar-refractivity contribution in [2.24, 2.45) is 0 Å². The van der Waals surface area contributed by atoms with Gasteiger partial charge in [0.2, 0.25) is 0 Å². The molecule has 1 aliphatic rings. The molecule has 0 radical (unpaired) electrons. The van der Waals surface area contributed by atoms with E-state index in [1.807, 2.05) is 29.7 Å². The number of methoxy groups -OCH3 is 1. The number of hydrogen-bond acceptors (Lipinski definition) is 4. The lowest BCUT2D eigenvalue weighted by atomic mass is 9.89. The number of carbonyl (C=O) groups excluding carboxylic acids is 1. The molecule has 1 N–H and O–H groups in total. The summed E-state index contributed by atoms with van der Waals surface area (Å²) in [4.78, 5) is 20.2. The average molecular weight is 483 g/mol. The van der Waals surface area contributed by atoms with E-state index in [0.717, 1.165) is 24.3 Å². The molecule has 1 aliphatic heterocycles. The lowest BCUT2D eigenvalue weighted by Gasteiger charge is -2.34. The first-order valence-corrected chi connectivity index (χ1v) is 12.8. The van der Waals surface area contributed by atoms with Gasteiger partial charge in [0.1, 0.15) is 5.69 Å². The number of benzene rings is 2. The van der Waals surface area contributed by atoms with Crippen LogP contribution in [0.3, 0.4) is 0 Å². The normalized spacial score (nSPS) is 14.2. The summed E-state index contributed by atoms with van der Waals surface area (Å²) in [5.74, 6) is 1.17. The van der Waals surface area contributed by atoms with Crippen LogP contribution in [0.2, 0.25) is 0 Å². The minimum Gasteiger partial charge on any atom is -0.493 e. The number of amides is 1. The van der Waals surface area contributed by atoms with Crippen LogP contribution in [-0.2, 0) is 13.0 Å². The standard InChI is InChI=1S/C30H34N4O2/c1-4-26-28(34-17-5-6-27(36-3)29(34)32-26)30(35)31-20-22-9-13-25(14-10-22)33-18-15-24(16-19-33)23-11-7-21(2)8-12-23/h5-14,17,24H,4,15-16,18-20H2,1-3H3,(H,31,35). The number of rotatable bonds is 7. The van der Waals surface area contributed by atoms with Crippen molar-refractivity contribution in [3.63, 3.8) is 0 Å². The van der Waals surface area contributed by atoms with Gasteiger partial charge >= 0.3 is 0 Å². The van der Waals surface area contributed by atoms with Crippen molar-refractivity contribution in [1.29, 1.82) is 0 Å². The van der Waals surface area contributed by atoms with Crippen LogP contribution >= 0.6 is 0 Å². The Morgan fingerprint density at radius 3 is 2.44 bits per heavy atom. The highest BCUT2D eigenvalue weighted by molar-refractivity contribution is 5.95. The van der Waals surface area contributed by atoms with Crippen LogP contribution in [0.1, 0.15) is 58.6 Å². The number of aromatic nitrogens is 2. The third-order valence-corrected chi connectivity index (χ3v) is 7.25. The Hall–Kier alpha value is -3.80. The van der Waals surface area contributed by atoms with Crippen LogP contribution in [-0.4, -0.2) is 35.5 Å². The van der Waals surface area contributed by atoms with E-state index in [9.17, 15) is 4.79 Å².